The number of aliphatic hydroxyl groups is 1. The van der Waals surface area contributed by atoms with Gasteiger partial charge in [0.25, 0.3) is 0 Å². The smallest absolute Gasteiger partial charge is 0.224 e. The third-order valence-electron chi connectivity index (χ3n) is 4.96. The van der Waals surface area contributed by atoms with Crippen LogP contribution in [0.1, 0.15) is 19.3 Å². The Hall–Kier alpha value is -1.05. The van der Waals surface area contributed by atoms with Gasteiger partial charge in [0.2, 0.25) is 5.91 Å². The molecule has 2 atom stereocenters. The number of rotatable bonds is 7. The third kappa shape index (κ3) is 7.84. The monoisotopic (exact) mass is 419 g/mol. The van der Waals surface area contributed by atoms with Crippen LogP contribution >= 0.6 is 24.8 Å². The van der Waals surface area contributed by atoms with Crippen LogP contribution in [-0.2, 0) is 4.79 Å². The van der Waals surface area contributed by atoms with Gasteiger partial charge in [-0.05, 0) is 31.5 Å². The molecule has 8 heteroatoms. The minimum atomic E-state index is -0.523. The Morgan fingerprint density at radius 3 is 2.52 bits per heavy atom. The number of aliphatic hydroxyl groups excluding tert-OH is 1. The number of nitrogens with one attached hydrogen (secondary N) is 1. The van der Waals surface area contributed by atoms with E-state index in [1.165, 1.54) is 6.42 Å². The zero-order chi connectivity index (χ0) is 17.5. The highest BCUT2D eigenvalue weighted by molar-refractivity contribution is 5.85. The van der Waals surface area contributed by atoms with Gasteiger partial charge in [-0.3, -0.25) is 9.69 Å². The molecule has 0 saturated carbocycles. The second-order valence-corrected chi connectivity index (χ2v) is 6.96. The molecule has 6 nitrogen and oxygen atoms in total. The maximum absolute atomic E-state index is 12.3. The number of carbonyl (C=O) groups is 1. The van der Waals surface area contributed by atoms with Crippen molar-refractivity contribution >= 4 is 30.7 Å². The zero-order valence-corrected chi connectivity index (χ0v) is 17.2. The second kappa shape index (κ2) is 12.4. The Labute approximate surface area is 174 Å². The molecule has 3 rings (SSSR count). The number of ether oxygens (including phenoxy) is 1. The zero-order valence-electron chi connectivity index (χ0n) is 15.6. The SMILES string of the molecule is Cl.Cl.O=C(CC1CCCN1)N1CCN(CC(O)COc2ccccc2)CC1. The van der Waals surface area contributed by atoms with E-state index in [1.54, 1.807) is 0 Å². The first kappa shape index (κ1) is 24.0. The lowest BCUT2D eigenvalue weighted by Gasteiger charge is -2.36. The van der Waals surface area contributed by atoms with Crippen molar-refractivity contribution in [2.45, 2.75) is 31.4 Å². The van der Waals surface area contributed by atoms with Crippen LogP contribution in [-0.4, -0.2) is 78.8 Å². The van der Waals surface area contributed by atoms with Crippen LogP contribution in [0.15, 0.2) is 30.3 Å². The third-order valence-corrected chi connectivity index (χ3v) is 4.96. The summed E-state index contributed by atoms with van der Waals surface area (Å²) in [6.07, 6.45) is 2.38. The van der Waals surface area contributed by atoms with Gasteiger partial charge in [-0.2, -0.15) is 0 Å². The molecule has 2 unspecified atom stereocenters. The Kier molecular flexibility index (Phi) is 11.0. The summed E-state index contributed by atoms with van der Waals surface area (Å²) in [7, 11) is 0. The van der Waals surface area contributed by atoms with Gasteiger partial charge in [-0.1, -0.05) is 18.2 Å². The summed E-state index contributed by atoms with van der Waals surface area (Å²) in [5, 5.41) is 13.6. The van der Waals surface area contributed by atoms with E-state index in [1.807, 2.05) is 35.2 Å². The van der Waals surface area contributed by atoms with Crippen LogP contribution in [0.2, 0.25) is 0 Å². The van der Waals surface area contributed by atoms with Crippen LogP contribution in [0.5, 0.6) is 5.75 Å². The molecule has 0 bridgehead atoms. The molecule has 2 aliphatic rings. The highest BCUT2D eigenvalue weighted by atomic mass is 35.5. The summed E-state index contributed by atoms with van der Waals surface area (Å²) in [4.78, 5) is 16.5. The first-order chi connectivity index (χ1) is 12.2. The van der Waals surface area contributed by atoms with E-state index in [-0.39, 0.29) is 37.3 Å². The number of hydrogen-bond donors (Lipinski definition) is 2. The number of carbonyl (C=O) groups excluding carboxylic acids is 1. The van der Waals surface area contributed by atoms with Crippen LogP contribution in [0.3, 0.4) is 0 Å². The van der Waals surface area contributed by atoms with Gasteiger partial charge in [0.15, 0.2) is 0 Å². The molecule has 0 spiro atoms. The van der Waals surface area contributed by atoms with Crippen molar-refractivity contribution in [2.75, 3.05) is 45.9 Å². The van der Waals surface area contributed by atoms with Crippen molar-refractivity contribution in [1.29, 1.82) is 0 Å². The van der Waals surface area contributed by atoms with E-state index in [2.05, 4.69) is 10.2 Å². The Morgan fingerprint density at radius 1 is 1.19 bits per heavy atom. The molecule has 1 aromatic carbocycles. The summed E-state index contributed by atoms with van der Waals surface area (Å²) in [5.41, 5.74) is 0. The van der Waals surface area contributed by atoms with E-state index in [0.717, 1.165) is 44.9 Å². The molecule has 2 N–H and O–H groups in total. The number of hydrogen-bond acceptors (Lipinski definition) is 5. The van der Waals surface area contributed by atoms with Gasteiger partial charge in [0, 0.05) is 45.2 Å². The molecule has 27 heavy (non-hydrogen) atoms. The van der Waals surface area contributed by atoms with Crippen LogP contribution in [0.25, 0.3) is 0 Å². The molecular formula is C19H31Cl2N3O3. The molecule has 0 aromatic heterocycles. The topological polar surface area (TPSA) is 65.0 Å². The number of piperazine rings is 1. The highest BCUT2D eigenvalue weighted by Crippen LogP contribution is 2.13. The number of nitrogens with zero attached hydrogens (tertiary/aromatic N) is 2. The summed E-state index contributed by atoms with van der Waals surface area (Å²) in [6, 6.07) is 9.90. The standard InChI is InChI=1S/C19H29N3O3.2ClH/c23-17(15-25-18-6-2-1-3-7-18)14-21-9-11-22(12-10-21)19(24)13-16-5-4-8-20-16;;/h1-3,6-7,16-17,20,23H,4-5,8-15H2;2*1H. The van der Waals surface area contributed by atoms with Crippen molar-refractivity contribution in [1.82, 2.24) is 15.1 Å². The molecule has 154 valence electrons. The van der Waals surface area contributed by atoms with E-state index >= 15 is 0 Å². The highest BCUT2D eigenvalue weighted by Gasteiger charge is 2.25. The van der Waals surface area contributed by atoms with Crippen LogP contribution in [0.4, 0.5) is 0 Å². The minimum absolute atomic E-state index is 0. The van der Waals surface area contributed by atoms with E-state index in [4.69, 9.17) is 4.74 Å². The number of benzene rings is 1. The number of β-amino-alcohol motifs (C(OH)–C–C–N with tert-alkyl or cyclic N) is 1. The van der Waals surface area contributed by atoms with Gasteiger partial charge < -0.3 is 20.1 Å². The molecule has 2 fully saturated rings. The minimum Gasteiger partial charge on any atom is -0.491 e. The molecule has 2 heterocycles. The maximum Gasteiger partial charge on any atom is 0.224 e. The first-order valence-corrected chi connectivity index (χ1v) is 9.30. The molecule has 1 aromatic rings. The fraction of sp³-hybridized carbons (Fsp3) is 0.632. The van der Waals surface area contributed by atoms with E-state index in [0.29, 0.717) is 19.0 Å². The molecule has 0 aliphatic carbocycles. The normalized spacial score (nSPS) is 21.1. The molecular weight excluding hydrogens is 389 g/mol. The van der Waals surface area contributed by atoms with Gasteiger partial charge >= 0.3 is 0 Å². The summed E-state index contributed by atoms with van der Waals surface area (Å²) in [6.45, 7) is 5.03. The van der Waals surface area contributed by atoms with Gasteiger partial charge in [0.1, 0.15) is 18.5 Å². The van der Waals surface area contributed by atoms with E-state index < -0.39 is 6.10 Å². The first-order valence-electron chi connectivity index (χ1n) is 9.30. The number of halogens is 2. The van der Waals surface area contributed by atoms with Gasteiger partial charge in [-0.25, -0.2) is 0 Å². The predicted octanol–water partition coefficient (Wildman–Crippen LogP) is 1.56. The summed E-state index contributed by atoms with van der Waals surface area (Å²) < 4.78 is 5.59. The van der Waals surface area contributed by atoms with E-state index in [9.17, 15) is 9.90 Å². The molecule has 2 aliphatic heterocycles. The van der Waals surface area contributed by atoms with Crippen LogP contribution < -0.4 is 10.1 Å². The Bertz CT molecular complexity index is 536. The maximum atomic E-state index is 12.3. The van der Waals surface area contributed by atoms with Crippen molar-refractivity contribution in [3.05, 3.63) is 30.3 Å². The molecule has 0 radical (unpaired) electrons. The fourth-order valence-electron chi connectivity index (χ4n) is 3.51. The quantitative estimate of drug-likeness (QED) is 0.701. The fourth-order valence-corrected chi connectivity index (χ4v) is 3.51. The van der Waals surface area contributed by atoms with Gasteiger partial charge in [-0.15, -0.1) is 24.8 Å². The average Bonchev–Trinajstić information content (AvgIpc) is 3.14. The van der Waals surface area contributed by atoms with Crippen molar-refractivity contribution in [3.63, 3.8) is 0 Å². The lowest BCUT2D eigenvalue weighted by atomic mass is 10.1. The predicted molar refractivity (Wildman–Crippen MR) is 111 cm³/mol. The number of amides is 1. The number of para-hydroxylation sites is 1. The van der Waals surface area contributed by atoms with Crippen molar-refractivity contribution in [3.8, 4) is 5.75 Å². The average molecular weight is 420 g/mol. The lowest BCUT2D eigenvalue weighted by Crippen LogP contribution is -2.51. The Morgan fingerprint density at radius 2 is 1.89 bits per heavy atom. The van der Waals surface area contributed by atoms with Crippen LogP contribution in [0, 0.1) is 0 Å². The lowest BCUT2D eigenvalue weighted by molar-refractivity contribution is -0.133. The summed E-state index contributed by atoms with van der Waals surface area (Å²) >= 11 is 0. The van der Waals surface area contributed by atoms with Gasteiger partial charge in [0.05, 0.1) is 0 Å². The largest absolute Gasteiger partial charge is 0.491 e. The van der Waals surface area contributed by atoms with Crippen molar-refractivity contribution < 1.29 is 14.6 Å². The second-order valence-electron chi connectivity index (χ2n) is 6.96. The molecule has 2 saturated heterocycles. The molecule has 1 amide bonds. The Balaban J connectivity index is 0.00000182. The van der Waals surface area contributed by atoms with Crippen molar-refractivity contribution in [2.24, 2.45) is 0 Å². The summed E-state index contributed by atoms with van der Waals surface area (Å²) in [5.74, 6) is 1.03.